The molecular weight excluding hydrogens is 86.1 g/mol. The molecule has 0 heterocycles. The van der Waals surface area contributed by atoms with Gasteiger partial charge in [-0.05, 0) is 26.3 Å². The third-order valence-corrected chi connectivity index (χ3v) is 0.811. The Morgan fingerprint density at radius 1 is 1.57 bits per heavy atom. The van der Waals surface area contributed by atoms with Crippen LogP contribution in [-0.2, 0) is 0 Å². The summed E-state index contributed by atoms with van der Waals surface area (Å²) in [5.41, 5.74) is 5.24. The maximum absolute atomic E-state index is 5.24. The molecule has 2 N–H and O–H groups in total. The fourth-order valence-corrected chi connectivity index (χ4v) is 0.402. The zero-order valence-corrected chi connectivity index (χ0v) is 4.85. The van der Waals surface area contributed by atoms with Crippen LogP contribution in [0.25, 0.3) is 0 Å². The molecule has 0 aliphatic carbocycles. The Bertz CT molecular complexity index is 48.1. The molecule has 0 unspecified atom stereocenters. The molecule has 0 fully saturated rings. The number of rotatable bonds is 3. The lowest BCUT2D eigenvalue weighted by Crippen LogP contribution is -1.96. The van der Waals surface area contributed by atoms with E-state index >= 15 is 0 Å². The van der Waals surface area contributed by atoms with Gasteiger partial charge in [0, 0.05) is 0 Å². The Morgan fingerprint density at radius 3 is 2.71 bits per heavy atom. The summed E-state index contributed by atoms with van der Waals surface area (Å²) < 4.78 is 0. The van der Waals surface area contributed by atoms with Crippen LogP contribution in [0.2, 0.25) is 0 Å². The van der Waals surface area contributed by atoms with Gasteiger partial charge in [0.15, 0.2) is 0 Å². The van der Waals surface area contributed by atoms with E-state index in [0.717, 1.165) is 19.4 Å². The van der Waals surface area contributed by atoms with Crippen LogP contribution in [0.4, 0.5) is 0 Å². The van der Waals surface area contributed by atoms with E-state index in [9.17, 15) is 0 Å². The second kappa shape index (κ2) is 5.70. The molecule has 0 amide bonds. The van der Waals surface area contributed by atoms with Gasteiger partial charge in [-0.3, -0.25) is 0 Å². The number of unbranched alkanes of at least 4 members (excludes halogenated alkanes) is 1. The predicted molar refractivity (Wildman–Crippen MR) is 33.1 cm³/mol. The van der Waals surface area contributed by atoms with Gasteiger partial charge in [0.1, 0.15) is 0 Å². The molecule has 0 atom stereocenters. The van der Waals surface area contributed by atoms with Crippen molar-refractivity contribution < 1.29 is 0 Å². The number of allylic oxidation sites excluding steroid dienone is 2. The molecule has 0 spiro atoms. The molecule has 0 radical (unpaired) electrons. The third kappa shape index (κ3) is 5.70. The Labute approximate surface area is 45.2 Å². The van der Waals surface area contributed by atoms with Gasteiger partial charge in [-0.25, -0.2) is 0 Å². The minimum absolute atomic E-state index is 0.810. The highest BCUT2D eigenvalue weighted by molar-refractivity contribution is 4.76. The van der Waals surface area contributed by atoms with Crippen LogP contribution in [0.15, 0.2) is 12.2 Å². The molecule has 0 aliphatic rings. The normalized spacial score (nSPS) is 10.6. The average molecular weight is 99.2 g/mol. The van der Waals surface area contributed by atoms with E-state index in [-0.39, 0.29) is 0 Å². The molecule has 0 aromatic carbocycles. The van der Waals surface area contributed by atoms with E-state index in [1.807, 2.05) is 6.92 Å². The van der Waals surface area contributed by atoms with E-state index in [1.54, 1.807) is 0 Å². The summed E-state index contributed by atoms with van der Waals surface area (Å²) in [5, 5.41) is 0. The Morgan fingerprint density at radius 2 is 2.29 bits per heavy atom. The van der Waals surface area contributed by atoms with Crippen LogP contribution in [0.5, 0.6) is 0 Å². The maximum atomic E-state index is 5.24. The fourth-order valence-electron chi connectivity index (χ4n) is 0.402. The van der Waals surface area contributed by atoms with E-state index in [2.05, 4.69) is 12.2 Å². The van der Waals surface area contributed by atoms with Gasteiger partial charge in [-0.2, -0.15) is 0 Å². The standard InChI is InChI=1S/C6H13N/c1-2-3-4-5-6-7/h2-3H,4-7H2,1H3/b3-2-. The zero-order chi connectivity index (χ0) is 5.54. The molecule has 42 valence electrons. The summed E-state index contributed by atoms with van der Waals surface area (Å²) in [6.07, 6.45) is 6.43. The van der Waals surface area contributed by atoms with E-state index < -0.39 is 0 Å². The SMILES string of the molecule is C/C=C\CCCN. The van der Waals surface area contributed by atoms with Crippen LogP contribution in [0.3, 0.4) is 0 Å². The van der Waals surface area contributed by atoms with E-state index in [0.29, 0.717) is 0 Å². The predicted octanol–water partition coefficient (Wildman–Crippen LogP) is 1.30. The van der Waals surface area contributed by atoms with Gasteiger partial charge in [0.2, 0.25) is 0 Å². The van der Waals surface area contributed by atoms with Gasteiger partial charge < -0.3 is 5.73 Å². The van der Waals surface area contributed by atoms with Crippen molar-refractivity contribution >= 4 is 0 Å². The molecule has 1 heteroatoms. The quantitative estimate of drug-likeness (QED) is 0.419. The summed E-state index contributed by atoms with van der Waals surface area (Å²) in [4.78, 5) is 0. The monoisotopic (exact) mass is 99.1 g/mol. The van der Waals surface area contributed by atoms with Gasteiger partial charge in [0.25, 0.3) is 0 Å². The van der Waals surface area contributed by atoms with Crippen LogP contribution in [-0.4, -0.2) is 6.54 Å². The molecule has 1 nitrogen and oxygen atoms in total. The molecule has 7 heavy (non-hydrogen) atoms. The lowest BCUT2D eigenvalue weighted by atomic mass is 10.3. The number of hydrogen-bond donors (Lipinski definition) is 1. The third-order valence-electron chi connectivity index (χ3n) is 0.811. The molecular formula is C6H13N. The average Bonchev–Trinajstić information content (AvgIpc) is 1.69. The van der Waals surface area contributed by atoms with E-state index in [1.165, 1.54) is 0 Å². The first kappa shape index (κ1) is 6.70. The first-order valence-electron chi connectivity index (χ1n) is 2.73. The lowest BCUT2D eigenvalue weighted by molar-refractivity contribution is 0.854. The Balaban J connectivity index is 2.69. The first-order chi connectivity index (χ1) is 3.41. The number of hydrogen-bond acceptors (Lipinski definition) is 1. The molecule has 0 aromatic rings. The highest BCUT2D eigenvalue weighted by Gasteiger charge is 1.73. The largest absolute Gasteiger partial charge is 0.330 e. The van der Waals surface area contributed by atoms with Crippen molar-refractivity contribution in [3.8, 4) is 0 Å². The molecule has 0 rings (SSSR count). The van der Waals surface area contributed by atoms with Crippen molar-refractivity contribution in [3.05, 3.63) is 12.2 Å². The maximum Gasteiger partial charge on any atom is -0.00743 e. The lowest BCUT2D eigenvalue weighted by Gasteiger charge is -1.84. The molecule has 0 aromatic heterocycles. The fraction of sp³-hybridized carbons (Fsp3) is 0.667. The van der Waals surface area contributed by atoms with Crippen LogP contribution < -0.4 is 5.73 Å². The van der Waals surface area contributed by atoms with Crippen molar-refractivity contribution in [3.63, 3.8) is 0 Å². The zero-order valence-electron chi connectivity index (χ0n) is 4.85. The van der Waals surface area contributed by atoms with Gasteiger partial charge in [-0.1, -0.05) is 12.2 Å². The summed E-state index contributed by atoms with van der Waals surface area (Å²) in [6, 6.07) is 0. The van der Waals surface area contributed by atoms with Gasteiger partial charge in [0.05, 0.1) is 0 Å². The molecule has 0 saturated carbocycles. The topological polar surface area (TPSA) is 26.0 Å². The second-order valence-electron chi connectivity index (χ2n) is 1.50. The first-order valence-corrected chi connectivity index (χ1v) is 2.73. The van der Waals surface area contributed by atoms with E-state index in [4.69, 9.17) is 5.73 Å². The minimum Gasteiger partial charge on any atom is -0.330 e. The van der Waals surface area contributed by atoms with Crippen LogP contribution in [0.1, 0.15) is 19.8 Å². The summed E-state index contributed by atoms with van der Waals surface area (Å²) in [5.74, 6) is 0. The highest BCUT2D eigenvalue weighted by Crippen LogP contribution is 1.85. The summed E-state index contributed by atoms with van der Waals surface area (Å²) in [7, 11) is 0. The number of nitrogens with two attached hydrogens (primary N) is 1. The molecule has 0 saturated heterocycles. The minimum atomic E-state index is 0.810. The Hall–Kier alpha value is -0.300. The van der Waals surface area contributed by atoms with Gasteiger partial charge in [-0.15, -0.1) is 0 Å². The second-order valence-corrected chi connectivity index (χ2v) is 1.50. The van der Waals surface area contributed by atoms with Crippen molar-refractivity contribution in [1.29, 1.82) is 0 Å². The van der Waals surface area contributed by atoms with Crippen LogP contribution in [0, 0.1) is 0 Å². The van der Waals surface area contributed by atoms with Gasteiger partial charge >= 0.3 is 0 Å². The van der Waals surface area contributed by atoms with Crippen LogP contribution >= 0.6 is 0 Å². The van der Waals surface area contributed by atoms with Crippen molar-refractivity contribution in [2.24, 2.45) is 5.73 Å². The highest BCUT2D eigenvalue weighted by atomic mass is 14.5. The van der Waals surface area contributed by atoms with Crippen molar-refractivity contribution in [2.45, 2.75) is 19.8 Å². The van der Waals surface area contributed by atoms with Crippen molar-refractivity contribution in [2.75, 3.05) is 6.54 Å². The Kier molecular flexibility index (Phi) is 5.46. The van der Waals surface area contributed by atoms with Crippen molar-refractivity contribution in [1.82, 2.24) is 0 Å². The summed E-state index contributed by atoms with van der Waals surface area (Å²) >= 11 is 0. The molecule has 0 aliphatic heterocycles. The summed E-state index contributed by atoms with van der Waals surface area (Å²) in [6.45, 7) is 2.83. The molecule has 0 bridgehead atoms. The smallest absolute Gasteiger partial charge is 0.00743 e.